The van der Waals surface area contributed by atoms with Gasteiger partial charge in [0, 0.05) is 26.1 Å². The molecule has 1 amide bonds. The number of amides is 1. The molecule has 3 atom stereocenters. The summed E-state index contributed by atoms with van der Waals surface area (Å²) in [4.78, 5) is 11.9. The lowest BCUT2D eigenvalue weighted by molar-refractivity contribution is -0.126. The molecule has 3 N–H and O–H groups in total. The highest BCUT2D eigenvalue weighted by Gasteiger charge is 2.35. The summed E-state index contributed by atoms with van der Waals surface area (Å²) < 4.78 is 5.13. The van der Waals surface area contributed by atoms with Crippen molar-refractivity contribution < 1.29 is 14.6 Å². The van der Waals surface area contributed by atoms with Crippen LogP contribution < -0.4 is 10.6 Å². The average molecular weight is 228 g/mol. The lowest BCUT2D eigenvalue weighted by Gasteiger charge is -2.22. The molecule has 0 radical (unpaired) electrons. The molecule has 2 fully saturated rings. The van der Waals surface area contributed by atoms with Crippen molar-refractivity contribution in [3.8, 4) is 0 Å². The molecule has 2 aliphatic heterocycles. The Balaban J connectivity index is 1.79. The van der Waals surface area contributed by atoms with E-state index in [-0.39, 0.29) is 11.8 Å². The third-order valence-corrected chi connectivity index (χ3v) is 3.53. The molecule has 0 aromatic rings. The van der Waals surface area contributed by atoms with E-state index in [1.165, 1.54) is 0 Å². The minimum absolute atomic E-state index is 0.0333. The van der Waals surface area contributed by atoms with E-state index in [0.29, 0.717) is 32.1 Å². The fourth-order valence-corrected chi connectivity index (χ4v) is 2.28. The highest BCUT2D eigenvalue weighted by atomic mass is 16.5. The lowest BCUT2D eigenvalue weighted by atomic mass is 9.96. The molecule has 2 saturated heterocycles. The fourth-order valence-electron chi connectivity index (χ4n) is 2.28. The Morgan fingerprint density at radius 3 is 3.00 bits per heavy atom. The second kappa shape index (κ2) is 4.69. The molecule has 2 heterocycles. The number of hydrogen-bond donors (Lipinski definition) is 3. The van der Waals surface area contributed by atoms with Gasteiger partial charge in [-0.05, 0) is 12.5 Å². The second-order valence-corrected chi connectivity index (χ2v) is 4.99. The number of carbonyl (C=O) groups is 1. The molecule has 16 heavy (non-hydrogen) atoms. The molecule has 92 valence electrons. The standard InChI is InChI=1S/C11H20N2O3/c1-8-4-12-5-9(8)10(14)13-6-11(15)2-3-16-7-11/h8-9,12,15H,2-7H2,1H3,(H,13,14)/t8-,9-,11?/m1/s1. The molecular formula is C11H20N2O3. The van der Waals surface area contributed by atoms with Gasteiger partial charge in [0.1, 0.15) is 5.60 Å². The van der Waals surface area contributed by atoms with Crippen molar-refractivity contribution in [3.05, 3.63) is 0 Å². The van der Waals surface area contributed by atoms with Gasteiger partial charge in [0.05, 0.1) is 12.5 Å². The third kappa shape index (κ3) is 2.53. The molecule has 0 aromatic heterocycles. The van der Waals surface area contributed by atoms with Gasteiger partial charge in [-0.2, -0.15) is 0 Å². The van der Waals surface area contributed by atoms with Crippen molar-refractivity contribution in [2.24, 2.45) is 11.8 Å². The van der Waals surface area contributed by atoms with E-state index in [1.54, 1.807) is 0 Å². The van der Waals surface area contributed by atoms with Crippen LogP contribution in [0.3, 0.4) is 0 Å². The molecular weight excluding hydrogens is 208 g/mol. The van der Waals surface area contributed by atoms with E-state index in [4.69, 9.17) is 4.74 Å². The first-order valence-electron chi connectivity index (χ1n) is 5.89. The quantitative estimate of drug-likeness (QED) is 0.586. The predicted octanol–water partition coefficient (Wildman–Crippen LogP) is -0.890. The van der Waals surface area contributed by atoms with Crippen molar-refractivity contribution in [1.82, 2.24) is 10.6 Å². The maximum Gasteiger partial charge on any atom is 0.224 e. The van der Waals surface area contributed by atoms with Crippen molar-refractivity contribution in [2.75, 3.05) is 32.8 Å². The number of aliphatic hydroxyl groups is 1. The number of nitrogens with one attached hydrogen (secondary N) is 2. The highest BCUT2D eigenvalue weighted by molar-refractivity contribution is 5.79. The SMILES string of the molecule is C[C@@H]1CNC[C@H]1C(=O)NCC1(O)CCOC1. The summed E-state index contributed by atoms with van der Waals surface area (Å²) >= 11 is 0. The zero-order valence-electron chi connectivity index (χ0n) is 9.66. The van der Waals surface area contributed by atoms with Crippen LogP contribution in [0.1, 0.15) is 13.3 Å². The van der Waals surface area contributed by atoms with Gasteiger partial charge in [-0.1, -0.05) is 6.92 Å². The van der Waals surface area contributed by atoms with Crippen LogP contribution in [0.15, 0.2) is 0 Å². The van der Waals surface area contributed by atoms with Gasteiger partial charge in [-0.25, -0.2) is 0 Å². The first-order valence-corrected chi connectivity index (χ1v) is 5.89. The van der Waals surface area contributed by atoms with Crippen LogP contribution in [0.5, 0.6) is 0 Å². The van der Waals surface area contributed by atoms with Crippen molar-refractivity contribution in [2.45, 2.75) is 18.9 Å². The van der Waals surface area contributed by atoms with E-state index >= 15 is 0 Å². The maximum atomic E-state index is 11.9. The molecule has 0 aromatic carbocycles. The molecule has 5 nitrogen and oxygen atoms in total. The molecule has 0 saturated carbocycles. The summed E-state index contributed by atoms with van der Waals surface area (Å²) in [7, 11) is 0. The van der Waals surface area contributed by atoms with Crippen molar-refractivity contribution in [3.63, 3.8) is 0 Å². The lowest BCUT2D eigenvalue weighted by Crippen LogP contribution is -2.46. The Kier molecular flexibility index (Phi) is 3.47. The Labute approximate surface area is 95.5 Å². The molecule has 1 unspecified atom stereocenters. The Hall–Kier alpha value is -0.650. The van der Waals surface area contributed by atoms with Crippen LogP contribution in [0, 0.1) is 11.8 Å². The summed E-state index contributed by atoms with van der Waals surface area (Å²) in [6, 6.07) is 0. The number of ether oxygens (including phenoxy) is 1. The monoisotopic (exact) mass is 228 g/mol. The van der Waals surface area contributed by atoms with Crippen LogP contribution in [-0.4, -0.2) is 49.5 Å². The Bertz CT molecular complexity index is 264. The third-order valence-electron chi connectivity index (χ3n) is 3.53. The number of rotatable bonds is 3. The Morgan fingerprint density at radius 2 is 2.44 bits per heavy atom. The normalized spacial score (nSPS) is 38.9. The van der Waals surface area contributed by atoms with Crippen LogP contribution in [0.2, 0.25) is 0 Å². The van der Waals surface area contributed by atoms with Crippen LogP contribution in [-0.2, 0) is 9.53 Å². The topological polar surface area (TPSA) is 70.6 Å². The fraction of sp³-hybridized carbons (Fsp3) is 0.909. The zero-order valence-corrected chi connectivity index (χ0v) is 9.66. The average Bonchev–Trinajstić information content (AvgIpc) is 2.85. The molecule has 0 spiro atoms. The van der Waals surface area contributed by atoms with E-state index < -0.39 is 5.60 Å². The zero-order chi connectivity index (χ0) is 11.6. The van der Waals surface area contributed by atoms with Gasteiger partial charge < -0.3 is 20.5 Å². The Morgan fingerprint density at radius 1 is 1.62 bits per heavy atom. The number of carbonyl (C=O) groups excluding carboxylic acids is 1. The van der Waals surface area contributed by atoms with Gasteiger partial charge in [-0.3, -0.25) is 4.79 Å². The highest BCUT2D eigenvalue weighted by Crippen LogP contribution is 2.19. The smallest absolute Gasteiger partial charge is 0.224 e. The molecule has 2 aliphatic rings. The van der Waals surface area contributed by atoms with Crippen molar-refractivity contribution >= 4 is 5.91 Å². The molecule has 0 bridgehead atoms. The summed E-state index contributed by atoms with van der Waals surface area (Å²) in [5.41, 5.74) is -0.856. The molecule has 2 rings (SSSR count). The first-order chi connectivity index (χ1) is 7.61. The maximum absolute atomic E-state index is 11.9. The first kappa shape index (κ1) is 11.8. The summed E-state index contributed by atoms with van der Waals surface area (Å²) in [6.45, 7) is 4.90. The largest absolute Gasteiger partial charge is 0.386 e. The van der Waals surface area contributed by atoms with E-state index in [2.05, 4.69) is 17.6 Å². The van der Waals surface area contributed by atoms with Gasteiger partial charge >= 0.3 is 0 Å². The van der Waals surface area contributed by atoms with Gasteiger partial charge in [0.25, 0.3) is 0 Å². The van der Waals surface area contributed by atoms with Gasteiger partial charge in [-0.15, -0.1) is 0 Å². The van der Waals surface area contributed by atoms with E-state index in [1.807, 2.05) is 0 Å². The summed E-state index contributed by atoms with van der Waals surface area (Å²) in [5.74, 6) is 0.443. The van der Waals surface area contributed by atoms with Gasteiger partial charge in [0.15, 0.2) is 0 Å². The number of hydrogen-bond acceptors (Lipinski definition) is 4. The second-order valence-electron chi connectivity index (χ2n) is 4.99. The predicted molar refractivity (Wildman–Crippen MR) is 58.9 cm³/mol. The van der Waals surface area contributed by atoms with Crippen LogP contribution >= 0.6 is 0 Å². The van der Waals surface area contributed by atoms with Crippen LogP contribution in [0.4, 0.5) is 0 Å². The van der Waals surface area contributed by atoms with Crippen molar-refractivity contribution in [1.29, 1.82) is 0 Å². The molecule has 5 heteroatoms. The minimum Gasteiger partial charge on any atom is -0.386 e. The minimum atomic E-state index is -0.856. The summed E-state index contributed by atoms with van der Waals surface area (Å²) in [5, 5.41) is 16.0. The summed E-state index contributed by atoms with van der Waals surface area (Å²) in [6.07, 6.45) is 0.603. The van der Waals surface area contributed by atoms with Crippen LogP contribution in [0.25, 0.3) is 0 Å². The van der Waals surface area contributed by atoms with E-state index in [0.717, 1.165) is 13.1 Å². The molecule has 0 aliphatic carbocycles. The van der Waals surface area contributed by atoms with E-state index in [9.17, 15) is 9.90 Å². The van der Waals surface area contributed by atoms with Gasteiger partial charge in [0.2, 0.25) is 5.91 Å².